The maximum Gasteiger partial charge on any atom is 0.239 e. The molecule has 4 heteroatoms. The Hall–Kier alpha value is -3.40. The first-order valence-corrected chi connectivity index (χ1v) is 9.29. The lowest BCUT2D eigenvalue weighted by molar-refractivity contribution is -0.118. The fraction of sp³-hybridized carbons (Fsp3) is 0.125. The van der Waals surface area contributed by atoms with Crippen LogP contribution < -0.4 is 4.90 Å². The van der Waals surface area contributed by atoms with Gasteiger partial charge in [0.2, 0.25) is 5.91 Å². The van der Waals surface area contributed by atoms with E-state index in [1.165, 1.54) is 12.1 Å². The molecule has 0 bridgehead atoms. The van der Waals surface area contributed by atoms with Gasteiger partial charge in [0.25, 0.3) is 0 Å². The number of para-hydroxylation sites is 2. The van der Waals surface area contributed by atoms with Gasteiger partial charge in [-0.25, -0.2) is 4.39 Å². The van der Waals surface area contributed by atoms with Crippen molar-refractivity contribution in [1.82, 2.24) is 0 Å². The van der Waals surface area contributed by atoms with Crippen molar-refractivity contribution in [1.29, 1.82) is 0 Å². The van der Waals surface area contributed by atoms with Crippen molar-refractivity contribution in [2.75, 3.05) is 4.90 Å². The Morgan fingerprint density at radius 2 is 1.75 bits per heavy atom. The first kappa shape index (κ1) is 16.8. The minimum absolute atomic E-state index is 0.0263. The molecule has 0 fully saturated rings. The van der Waals surface area contributed by atoms with Crippen molar-refractivity contribution >= 4 is 28.3 Å². The van der Waals surface area contributed by atoms with E-state index >= 15 is 0 Å². The number of furan rings is 1. The summed E-state index contributed by atoms with van der Waals surface area (Å²) in [5.74, 6) is 0.128. The molecule has 5 rings (SSSR count). The van der Waals surface area contributed by atoms with Crippen molar-refractivity contribution in [3.05, 3.63) is 95.5 Å². The molecule has 138 valence electrons. The Kier molecular flexibility index (Phi) is 3.79. The largest absolute Gasteiger partial charge is 0.461 e. The Bertz CT molecular complexity index is 1200. The molecule has 0 unspecified atom stereocenters. The van der Waals surface area contributed by atoms with Gasteiger partial charge in [0, 0.05) is 17.5 Å². The summed E-state index contributed by atoms with van der Waals surface area (Å²) in [5.41, 5.74) is 4.28. The molecule has 1 aliphatic rings. The lowest BCUT2D eigenvalue weighted by Gasteiger charge is -2.18. The number of anilines is 2. The lowest BCUT2D eigenvalue weighted by Crippen LogP contribution is -2.24. The molecule has 0 saturated heterocycles. The lowest BCUT2D eigenvalue weighted by atomic mass is 9.94. The third kappa shape index (κ3) is 2.53. The second kappa shape index (κ2) is 6.34. The summed E-state index contributed by atoms with van der Waals surface area (Å²) in [6.07, 6.45) is 0.446. The second-order valence-electron chi connectivity index (χ2n) is 7.12. The van der Waals surface area contributed by atoms with Gasteiger partial charge in [0.15, 0.2) is 0 Å². The van der Waals surface area contributed by atoms with Gasteiger partial charge >= 0.3 is 0 Å². The molecule has 4 aromatic rings. The van der Waals surface area contributed by atoms with Crippen LogP contribution in [0.5, 0.6) is 0 Å². The van der Waals surface area contributed by atoms with Crippen LogP contribution >= 0.6 is 0 Å². The molecule has 28 heavy (non-hydrogen) atoms. The van der Waals surface area contributed by atoms with Gasteiger partial charge in [-0.2, -0.15) is 0 Å². The summed E-state index contributed by atoms with van der Waals surface area (Å²) in [4.78, 5) is 15.1. The number of benzene rings is 3. The molecule has 1 atom stereocenters. The summed E-state index contributed by atoms with van der Waals surface area (Å²) < 4.78 is 19.6. The average molecular weight is 371 g/mol. The maximum atomic E-state index is 13.6. The third-order valence-electron chi connectivity index (χ3n) is 5.47. The van der Waals surface area contributed by atoms with Crippen LogP contribution in [0.15, 0.2) is 77.2 Å². The molecular weight excluding hydrogens is 353 g/mol. The number of carbonyl (C=O) groups is 1. The zero-order chi connectivity index (χ0) is 19.3. The SMILES string of the molecule is Cc1c(C[C@H]2C(=O)N(c3ccccc3)c3ccccc32)oc2ccc(F)cc12. The minimum Gasteiger partial charge on any atom is -0.461 e. The van der Waals surface area contributed by atoms with Gasteiger partial charge in [-0.3, -0.25) is 9.69 Å². The van der Waals surface area contributed by atoms with E-state index in [0.29, 0.717) is 12.0 Å². The highest BCUT2D eigenvalue weighted by Crippen LogP contribution is 2.44. The first-order valence-electron chi connectivity index (χ1n) is 9.29. The van der Waals surface area contributed by atoms with Crippen molar-refractivity contribution in [3.63, 3.8) is 0 Å². The van der Waals surface area contributed by atoms with Gasteiger partial charge in [0.05, 0.1) is 11.6 Å². The van der Waals surface area contributed by atoms with E-state index in [2.05, 4.69) is 0 Å². The van der Waals surface area contributed by atoms with Crippen LogP contribution in [0.4, 0.5) is 15.8 Å². The number of fused-ring (bicyclic) bond motifs is 2. The van der Waals surface area contributed by atoms with Crippen LogP contribution in [0.2, 0.25) is 0 Å². The van der Waals surface area contributed by atoms with E-state index < -0.39 is 0 Å². The van der Waals surface area contributed by atoms with Gasteiger partial charge in [-0.1, -0.05) is 36.4 Å². The van der Waals surface area contributed by atoms with Crippen LogP contribution in [0.1, 0.15) is 22.8 Å². The fourth-order valence-electron chi connectivity index (χ4n) is 4.06. The summed E-state index contributed by atoms with van der Waals surface area (Å²) in [6.45, 7) is 1.92. The first-order chi connectivity index (χ1) is 13.6. The van der Waals surface area contributed by atoms with Crippen molar-refractivity contribution in [3.8, 4) is 0 Å². The van der Waals surface area contributed by atoms with E-state index in [9.17, 15) is 9.18 Å². The topological polar surface area (TPSA) is 33.5 Å². The number of rotatable bonds is 3. The van der Waals surface area contributed by atoms with Crippen LogP contribution in [-0.2, 0) is 11.2 Å². The Labute approximate surface area is 162 Å². The van der Waals surface area contributed by atoms with Crippen molar-refractivity contribution in [2.24, 2.45) is 0 Å². The standard InChI is InChI=1S/C24H18FNO2/c1-15-19-13-16(25)11-12-22(19)28-23(15)14-20-18-9-5-6-10-21(18)26(24(20)27)17-7-3-2-4-8-17/h2-13,20H,14H2,1H3/t20-/m1/s1. The number of aryl methyl sites for hydroxylation is 1. The number of hydrogen-bond acceptors (Lipinski definition) is 2. The van der Waals surface area contributed by atoms with Crippen LogP contribution in [0.25, 0.3) is 11.0 Å². The number of amides is 1. The summed E-state index contributed by atoms with van der Waals surface area (Å²) >= 11 is 0. The van der Waals surface area contributed by atoms with Crippen molar-refractivity contribution in [2.45, 2.75) is 19.3 Å². The van der Waals surface area contributed by atoms with Gasteiger partial charge in [-0.05, 0) is 54.4 Å². The molecule has 0 radical (unpaired) electrons. The second-order valence-corrected chi connectivity index (χ2v) is 7.12. The van der Waals surface area contributed by atoms with Crippen LogP contribution in [0, 0.1) is 12.7 Å². The smallest absolute Gasteiger partial charge is 0.239 e. The number of nitrogens with zero attached hydrogens (tertiary/aromatic N) is 1. The fourth-order valence-corrected chi connectivity index (χ4v) is 4.06. The molecule has 1 amide bonds. The van der Waals surface area contributed by atoms with E-state index in [1.807, 2.05) is 61.5 Å². The highest BCUT2D eigenvalue weighted by molar-refractivity contribution is 6.10. The number of carbonyl (C=O) groups excluding carboxylic acids is 1. The minimum atomic E-state index is -0.333. The van der Waals surface area contributed by atoms with Gasteiger partial charge < -0.3 is 4.42 Å². The monoisotopic (exact) mass is 371 g/mol. The zero-order valence-corrected chi connectivity index (χ0v) is 15.4. The van der Waals surface area contributed by atoms with Gasteiger partial charge in [-0.15, -0.1) is 0 Å². The Morgan fingerprint density at radius 1 is 1.00 bits per heavy atom. The normalized spacial score (nSPS) is 16.0. The predicted molar refractivity (Wildman–Crippen MR) is 107 cm³/mol. The van der Waals surface area contributed by atoms with Crippen LogP contribution in [0.3, 0.4) is 0 Å². The van der Waals surface area contributed by atoms with E-state index in [-0.39, 0.29) is 17.6 Å². The third-order valence-corrected chi connectivity index (χ3v) is 5.47. The molecule has 1 aliphatic heterocycles. The van der Waals surface area contributed by atoms with Crippen LogP contribution in [-0.4, -0.2) is 5.91 Å². The summed E-state index contributed by atoms with van der Waals surface area (Å²) in [7, 11) is 0. The average Bonchev–Trinajstić information content (AvgIpc) is 3.17. The molecule has 0 saturated carbocycles. The highest BCUT2D eigenvalue weighted by Gasteiger charge is 2.38. The Balaban J connectivity index is 1.58. The molecule has 0 spiro atoms. The molecule has 3 nitrogen and oxygen atoms in total. The maximum absolute atomic E-state index is 13.6. The van der Waals surface area contributed by atoms with Gasteiger partial charge in [0.1, 0.15) is 17.2 Å². The molecule has 0 aliphatic carbocycles. The van der Waals surface area contributed by atoms with E-state index in [1.54, 1.807) is 11.0 Å². The van der Waals surface area contributed by atoms with E-state index in [4.69, 9.17) is 4.42 Å². The molecule has 2 heterocycles. The van der Waals surface area contributed by atoms with E-state index in [0.717, 1.165) is 33.6 Å². The predicted octanol–water partition coefficient (Wildman–Crippen LogP) is 5.88. The molecule has 3 aromatic carbocycles. The highest BCUT2D eigenvalue weighted by atomic mass is 19.1. The summed E-state index contributed by atoms with van der Waals surface area (Å²) in [5, 5.41) is 0.758. The Morgan fingerprint density at radius 3 is 2.57 bits per heavy atom. The van der Waals surface area contributed by atoms with Crippen molar-refractivity contribution < 1.29 is 13.6 Å². The molecule has 0 N–H and O–H groups in total. The summed E-state index contributed by atoms with van der Waals surface area (Å²) in [6, 6.07) is 22.0. The zero-order valence-electron chi connectivity index (χ0n) is 15.4. The molecule has 1 aromatic heterocycles. The number of hydrogen-bond donors (Lipinski definition) is 0. The number of halogens is 1. The quantitative estimate of drug-likeness (QED) is 0.450. The molecular formula is C24H18FNO2.